The van der Waals surface area contributed by atoms with Crippen LogP contribution in [0.25, 0.3) is 0 Å². The molecule has 0 heterocycles. The molecule has 0 spiro atoms. The normalized spacial score (nSPS) is 13.4. The summed E-state index contributed by atoms with van der Waals surface area (Å²) >= 11 is 3.36. The summed E-state index contributed by atoms with van der Waals surface area (Å²) in [6, 6.07) is 0. The monoisotopic (exact) mass is 176 g/mol. The molecule has 0 fully saturated rings. The van der Waals surface area contributed by atoms with E-state index in [-0.39, 0.29) is 0 Å². The summed E-state index contributed by atoms with van der Waals surface area (Å²) in [6.45, 7) is 8.27. The van der Waals surface area contributed by atoms with E-state index in [2.05, 4.69) is 36.4 Å². The Balaban J connectivity index is 3.46. The Morgan fingerprint density at radius 2 is 2.25 bits per heavy atom. The molecule has 0 amide bonds. The molecule has 0 aromatic carbocycles. The molecule has 0 unspecified atom stereocenters. The van der Waals surface area contributed by atoms with Crippen molar-refractivity contribution in [3.05, 3.63) is 12.2 Å². The number of rotatable bonds is 3. The van der Waals surface area contributed by atoms with Crippen molar-refractivity contribution in [2.45, 2.75) is 20.3 Å². The molecule has 48 valence electrons. The van der Waals surface area contributed by atoms with Crippen LogP contribution in [0.4, 0.5) is 0 Å². The van der Waals surface area contributed by atoms with Gasteiger partial charge >= 0.3 is 0 Å². The Labute approximate surface area is 60.1 Å². The van der Waals surface area contributed by atoms with Gasteiger partial charge in [0.15, 0.2) is 0 Å². The first-order valence-electron chi connectivity index (χ1n) is 2.96. The summed E-state index contributed by atoms with van der Waals surface area (Å²) < 4.78 is 0. The molecule has 0 aromatic rings. The number of hydrogen-bond acceptors (Lipinski definition) is 0. The second-order valence-electron chi connectivity index (χ2n) is 2.10. The molecule has 0 aromatic heterocycles. The molecule has 0 bridgehead atoms. The van der Waals surface area contributed by atoms with Gasteiger partial charge in [-0.2, -0.15) is 0 Å². The van der Waals surface area contributed by atoms with Gasteiger partial charge in [-0.15, -0.1) is 0 Å². The third-order valence-corrected chi connectivity index (χ3v) is 2.20. The lowest BCUT2D eigenvalue weighted by molar-refractivity contribution is 0.661. The Bertz CT molecular complexity index is 76.5. The van der Waals surface area contributed by atoms with E-state index < -0.39 is 0 Å². The molecule has 0 aliphatic heterocycles. The molecule has 0 aliphatic rings. The van der Waals surface area contributed by atoms with Crippen molar-refractivity contribution < 1.29 is 0 Å². The Morgan fingerprint density at radius 1 is 1.75 bits per heavy atom. The van der Waals surface area contributed by atoms with Crippen LogP contribution in [0.15, 0.2) is 12.2 Å². The van der Waals surface area contributed by atoms with E-state index in [1.807, 2.05) is 0 Å². The van der Waals surface area contributed by atoms with Crippen LogP contribution in [0.2, 0.25) is 0 Å². The average molecular weight is 177 g/mol. The molecule has 0 nitrogen and oxygen atoms in total. The number of alkyl halides is 1. The van der Waals surface area contributed by atoms with E-state index in [4.69, 9.17) is 0 Å². The first kappa shape index (κ1) is 8.22. The number of halogens is 1. The summed E-state index contributed by atoms with van der Waals surface area (Å²) in [4.78, 5) is 0. The number of hydrogen-bond donors (Lipinski definition) is 0. The highest BCUT2D eigenvalue weighted by atomic mass is 79.9. The van der Waals surface area contributed by atoms with E-state index >= 15 is 0 Å². The van der Waals surface area contributed by atoms with Crippen molar-refractivity contribution in [3.8, 4) is 0 Å². The maximum absolute atomic E-state index is 3.90. The average Bonchev–Trinajstić information content (AvgIpc) is 1.84. The van der Waals surface area contributed by atoms with Gasteiger partial charge in [-0.1, -0.05) is 41.9 Å². The predicted octanol–water partition coefficient (Wildman–Crippen LogP) is 2.98. The summed E-state index contributed by atoms with van der Waals surface area (Å²) in [5, 5.41) is 0.946. The first-order chi connectivity index (χ1) is 3.72. The molecule has 0 saturated carbocycles. The fourth-order valence-corrected chi connectivity index (χ4v) is 0.973. The van der Waals surface area contributed by atoms with Gasteiger partial charge in [-0.05, 0) is 12.3 Å². The predicted molar refractivity (Wildman–Crippen MR) is 42.4 cm³/mol. The zero-order chi connectivity index (χ0) is 6.57. The molecule has 0 saturated heterocycles. The van der Waals surface area contributed by atoms with Gasteiger partial charge < -0.3 is 0 Å². The molecule has 0 rings (SSSR count). The Morgan fingerprint density at radius 3 is 2.38 bits per heavy atom. The third-order valence-electron chi connectivity index (χ3n) is 1.48. The lowest BCUT2D eigenvalue weighted by Crippen LogP contribution is -1.95. The first-order valence-corrected chi connectivity index (χ1v) is 4.08. The van der Waals surface area contributed by atoms with Crippen LogP contribution in [0, 0.1) is 5.92 Å². The van der Waals surface area contributed by atoms with Gasteiger partial charge in [0.1, 0.15) is 0 Å². The minimum atomic E-state index is 0.675. The Hall–Kier alpha value is 0.220. The Kier molecular flexibility index (Phi) is 4.25. The lowest BCUT2D eigenvalue weighted by atomic mass is 10.0. The van der Waals surface area contributed by atoms with Crippen molar-refractivity contribution in [1.29, 1.82) is 0 Å². The summed E-state index contributed by atoms with van der Waals surface area (Å²) in [7, 11) is 0. The van der Waals surface area contributed by atoms with Crippen LogP contribution in [0.5, 0.6) is 0 Å². The fraction of sp³-hybridized carbons (Fsp3) is 0.714. The summed E-state index contributed by atoms with van der Waals surface area (Å²) in [5.41, 5.74) is 1.30. The molecule has 0 radical (unpaired) electrons. The van der Waals surface area contributed by atoms with Crippen molar-refractivity contribution in [3.63, 3.8) is 0 Å². The minimum Gasteiger partial charge on any atom is -0.0987 e. The maximum atomic E-state index is 3.90. The standard InChI is InChI=1S/C7H13Br/c1-4-6(2)7(3)5-8/h6H,3-5H2,1-2H3/t6-/m0/s1. The van der Waals surface area contributed by atoms with Crippen LogP contribution in [-0.4, -0.2) is 5.33 Å². The van der Waals surface area contributed by atoms with Crippen LogP contribution >= 0.6 is 15.9 Å². The number of allylic oxidation sites excluding steroid dienone is 1. The smallest absolute Gasteiger partial charge is 0.0241 e. The highest BCUT2D eigenvalue weighted by molar-refractivity contribution is 9.09. The summed E-state index contributed by atoms with van der Waals surface area (Å²) in [6.07, 6.45) is 1.20. The van der Waals surface area contributed by atoms with Crippen LogP contribution < -0.4 is 0 Å². The molecule has 0 aliphatic carbocycles. The highest BCUT2D eigenvalue weighted by Crippen LogP contribution is 2.13. The van der Waals surface area contributed by atoms with Gasteiger partial charge in [0, 0.05) is 5.33 Å². The topological polar surface area (TPSA) is 0 Å². The fourth-order valence-electron chi connectivity index (χ4n) is 0.420. The summed E-state index contributed by atoms with van der Waals surface area (Å²) in [5.74, 6) is 0.675. The van der Waals surface area contributed by atoms with Crippen molar-refractivity contribution in [2.24, 2.45) is 5.92 Å². The second-order valence-corrected chi connectivity index (χ2v) is 2.66. The zero-order valence-corrected chi connectivity index (χ0v) is 7.16. The van der Waals surface area contributed by atoms with E-state index in [1.54, 1.807) is 0 Å². The van der Waals surface area contributed by atoms with Crippen LogP contribution in [0.1, 0.15) is 20.3 Å². The largest absolute Gasteiger partial charge is 0.0987 e. The van der Waals surface area contributed by atoms with Gasteiger partial charge in [0.25, 0.3) is 0 Å². The molecular formula is C7H13Br. The maximum Gasteiger partial charge on any atom is 0.0241 e. The highest BCUT2D eigenvalue weighted by Gasteiger charge is 1.99. The molecule has 8 heavy (non-hydrogen) atoms. The molecular weight excluding hydrogens is 164 g/mol. The van der Waals surface area contributed by atoms with E-state index in [0.717, 1.165) is 5.33 Å². The van der Waals surface area contributed by atoms with Crippen molar-refractivity contribution in [2.75, 3.05) is 5.33 Å². The van der Waals surface area contributed by atoms with E-state index in [1.165, 1.54) is 12.0 Å². The van der Waals surface area contributed by atoms with Gasteiger partial charge in [0.05, 0.1) is 0 Å². The van der Waals surface area contributed by atoms with Crippen molar-refractivity contribution >= 4 is 15.9 Å². The van der Waals surface area contributed by atoms with Gasteiger partial charge in [-0.3, -0.25) is 0 Å². The third kappa shape index (κ3) is 2.51. The van der Waals surface area contributed by atoms with E-state index in [0.29, 0.717) is 5.92 Å². The van der Waals surface area contributed by atoms with E-state index in [9.17, 15) is 0 Å². The van der Waals surface area contributed by atoms with Gasteiger partial charge in [-0.25, -0.2) is 0 Å². The van der Waals surface area contributed by atoms with Gasteiger partial charge in [0.2, 0.25) is 0 Å². The zero-order valence-electron chi connectivity index (χ0n) is 5.58. The molecule has 1 atom stereocenters. The van der Waals surface area contributed by atoms with Crippen LogP contribution in [0.3, 0.4) is 0 Å². The molecule has 1 heteroatoms. The second kappa shape index (κ2) is 4.13. The SMILES string of the molecule is C=C(CBr)[C@@H](C)CC. The lowest BCUT2D eigenvalue weighted by Gasteiger charge is -2.07. The molecule has 0 N–H and O–H groups in total. The van der Waals surface area contributed by atoms with Crippen LogP contribution in [-0.2, 0) is 0 Å². The van der Waals surface area contributed by atoms with Crippen molar-refractivity contribution in [1.82, 2.24) is 0 Å². The minimum absolute atomic E-state index is 0.675. The quantitative estimate of drug-likeness (QED) is 0.459.